The first-order valence-electron chi connectivity index (χ1n) is 12.8. The van der Waals surface area contributed by atoms with Gasteiger partial charge in [0.25, 0.3) is 0 Å². The fourth-order valence-corrected chi connectivity index (χ4v) is 4.64. The highest BCUT2D eigenvalue weighted by atomic mass is 19.1. The Morgan fingerprint density at radius 2 is 1.56 bits per heavy atom. The number of hydrogen-bond donors (Lipinski definition) is 0. The van der Waals surface area contributed by atoms with Gasteiger partial charge in [0.05, 0.1) is 24.4 Å². The van der Waals surface area contributed by atoms with Gasteiger partial charge < -0.3 is 14.5 Å². The van der Waals surface area contributed by atoms with Gasteiger partial charge in [-0.1, -0.05) is 30.3 Å². The van der Waals surface area contributed by atoms with Crippen LogP contribution in [0.2, 0.25) is 0 Å². The SMILES string of the molecule is CCOC(=O)c1cc(-c2ccc(N3CCN(C(=O)Cc4ccc(F)cc4)CC3)cc2)n(-c2cccc(F)c2)n1. The molecule has 0 N–H and O–H groups in total. The Morgan fingerprint density at radius 3 is 2.23 bits per heavy atom. The minimum absolute atomic E-state index is 0.0274. The number of rotatable bonds is 7. The van der Waals surface area contributed by atoms with Crippen LogP contribution in [0, 0.1) is 11.6 Å². The molecule has 9 heteroatoms. The molecule has 0 atom stereocenters. The first-order chi connectivity index (χ1) is 18.9. The van der Waals surface area contributed by atoms with Crippen LogP contribution >= 0.6 is 0 Å². The van der Waals surface area contributed by atoms with Gasteiger partial charge in [-0.25, -0.2) is 18.3 Å². The summed E-state index contributed by atoms with van der Waals surface area (Å²) < 4.78 is 33.7. The lowest BCUT2D eigenvalue weighted by molar-refractivity contribution is -0.130. The van der Waals surface area contributed by atoms with Gasteiger partial charge in [0.1, 0.15) is 11.6 Å². The van der Waals surface area contributed by atoms with E-state index in [1.54, 1.807) is 37.3 Å². The first kappa shape index (κ1) is 26.1. The van der Waals surface area contributed by atoms with E-state index in [0.717, 1.165) is 16.8 Å². The molecule has 200 valence electrons. The zero-order valence-electron chi connectivity index (χ0n) is 21.5. The highest BCUT2D eigenvalue weighted by molar-refractivity contribution is 5.89. The smallest absolute Gasteiger partial charge is 0.358 e. The lowest BCUT2D eigenvalue weighted by Crippen LogP contribution is -2.49. The summed E-state index contributed by atoms with van der Waals surface area (Å²) in [6.07, 6.45) is 0.252. The van der Waals surface area contributed by atoms with Gasteiger partial charge >= 0.3 is 5.97 Å². The van der Waals surface area contributed by atoms with Gasteiger partial charge in [-0.05, 0) is 61.0 Å². The number of amides is 1. The highest BCUT2D eigenvalue weighted by Gasteiger charge is 2.22. The topological polar surface area (TPSA) is 67.7 Å². The summed E-state index contributed by atoms with van der Waals surface area (Å²) in [4.78, 5) is 29.1. The summed E-state index contributed by atoms with van der Waals surface area (Å²) in [5.41, 5.74) is 3.87. The van der Waals surface area contributed by atoms with Crippen LogP contribution < -0.4 is 4.90 Å². The minimum atomic E-state index is -0.544. The molecule has 1 saturated heterocycles. The summed E-state index contributed by atoms with van der Waals surface area (Å²) in [7, 11) is 0. The van der Waals surface area contributed by atoms with E-state index in [2.05, 4.69) is 10.00 Å². The molecule has 3 aromatic carbocycles. The van der Waals surface area contributed by atoms with E-state index in [1.807, 2.05) is 29.2 Å². The van der Waals surface area contributed by atoms with Crippen molar-refractivity contribution in [3.05, 3.63) is 102 Å². The Balaban J connectivity index is 1.29. The van der Waals surface area contributed by atoms with Crippen molar-refractivity contribution in [2.75, 3.05) is 37.7 Å². The average Bonchev–Trinajstić information content (AvgIpc) is 3.41. The van der Waals surface area contributed by atoms with Gasteiger partial charge in [-0.15, -0.1) is 0 Å². The summed E-state index contributed by atoms with van der Waals surface area (Å²) in [5.74, 6) is -1.24. The maximum absolute atomic E-state index is 14.0. The van der Waals surface area contributed by atoms with E-state index >= 15 is 0 Å². The van der Waals surface area contributed by atoms with Gasteiger partial charge in [0.2, 0.25) is 5.91 Å². The van der Waals surface area contributed by atoms with Crippen molar-refractivity contribution in [2.45, 2.75) is 13.3 Å². The molecule has 4 aromatic rings. The molecule has 7 nitrogen and oxygen atoms in total. The lowest BCUT2D eigenvalue weighted by atomic mass is 10.1. The van der Waals surface area contributed by atoms with Crippen molar-refractivity contribution in [2.24, 2.45) is 0 Å². The molecule has 0 spiro atoms. The van der Waals surface area contributed by atoms with Gasteiger partial charge in [0.15, 0.2) is 5.69 Å². The molecule has 39 heavy (non-hydrogen) atoms. The molecule has 5 rings (SSSR count). The van der Waals surface area contributed by atoms with Crippen LogP contribution in [0.25, 0.3) is 16.9 Å². The molecule has 0 unspecified atom stereocenters. The van der Waals surface area contributed by atoms with Crippen molar-refractivity contribution < 1.29 is 23.1 Å². The molecule has 1 amide bonds. The molecule has 0 radical (unpaired) electrons. The van der Waals surface area contributed by atoms with Crippen LogP contribution in [0.3, 0.4) is 0 Å². The van der Waals surface area contributed by atoms with Gasteiger partial charge in [0, 0.05) is 37.4 Å². The molecule has 1 fully saturated rings. The zero-order chi connectivity index (χ0) is 27.4. The number of hydrogen-bond acceptors (Lipinski definition) is 5. The molecule has 0 bridgehead atoms. The van der Waals surface area contributed by atoms with Crippen molar-refractivity contribution >= 4 is 17.6 Å². The molecule has 1 aromatic heterocycles. The van der Waals surface area contributed by atoms with E-state index in [-0.39, 0.29) is 30.4 Å². The lowest BCUT2D eigenvalue weighted by Gasteiger charge is -2.36. The second-order valence-corrected chi connectivity index (χ2v) is 9.24. The Hall–Kier alpha value is -4.53. The Kier molecular flexibility index (Phi) is 7.67. The van der Waals surface area contributed by atoms with Gasteiger partial charge in [-0.3, -0.25) is 4.79 Å². The Bertz CT molecular complexity index is 1460. The summed E-state index contributed by atoms with van der Waals surface area (Å²) in [6, 6.07) is 21.5. The Labute approximate surface area is 225 Å². The van der Waals surface area contributed by atoms with Crippen LogP contribution in [0.1, 0.15) is 23.0 Å². The van der Waals surface area contributed by atoms with Gasteiger partial charge in [-0.2, -0.15) is 5.10 Å². The van der Waals surface area contributed by atoms with Crippen molar-refractivity contribution in [3.8, 4) is 16.9 Å². The maximum Gasteiger partial charge on any atom is 0.358 e. The van der Waals surface area contributed by atoms with Crippen LogP contribution in [0.15, 0.2) is 78.9 Å². The number of aromatic nitrogens is 2. The van der Waals surface area contributed by atoms with E-state index < -0.39 is 11.8 Å². The number of halogens is 2. The van der Waals surface area contributed by atoms with Crippen LogP contribution in [0.4, 0.5) is 14.5 Å². The molecule has 1 aliphatic rings. The van der Waals surface area contributed by atoms with Crippen LogP contribution in [-0.2, 0) is 16.0 Å². The normalized spacial score (nSPS) is 13.4. The number of carbonyl (C=O) groups is 2. The second-order valence-electron chi connectivity index (χ2n) is 9.24. The predicted molar refractivity (Wildman–Crippen MR) is 144 cm³/mol. The average molecular weight is 531 g/mol. The first-order valence-corrected chi connectivity index (χ1v) is 12.8. The number of carbonyl (C=O) groups excluding carboxylic acids is 2. The highest BCUT2D eigenvalue weighted by Crippen LogP contribution is 2.28. The van der Waals surface area contributed by atoms with Crippen molar-refractivity contribution in [3.63, 3.8) is 0 Å². The molecule has 2 heterocycles. The van der Waals surface area contributed by atoms with Crippen LogP contribution in [0.5, 0.6) is 0 Å². The van der Waals surface area contributed by atoms with Crippen LogP contribution in [-0.4, -0.2) is 59.3 Å². The third-order valence-corrected chi connectivity index (χ3v) is 6.68. The fraction of sp³-hybridized carbons (Fsp3) is 0.233. The van der Waals surface area contributed by atoms with Crippen molar-refractivity contribution in [1.29, 1.82) is 0 Å². The molecular formula is C30H28F2N4O3. The van der Waals surface area contributed by atoms with E-state index in [1.165, 1.54) is 28.9 Å². The van der Waals surface area contributed by atoms with E-state index in [4.69, 9.17) is 4.74 Å². The fourth-order valence-electron chi connectivity index (χ4n) is 4.64. The number of esters is 1. The second kappa shape index (κ2) is 11.5. The standard InChI is InChI=1S/C30H28F2N4O3/c1-2-39-30(38)27-20-28(36(33-27)26-5-3-4-24(32)19-26)22-8-12-25(13-9-22)34-14-16-35(17-15-34)29(37)18-21-6-10-23(31)11-7-21/h3-13,19-20H,2,14-18H2,1H3. The summed E-state index contributed by atoms with van der Waals surface area (Å²) in [5, 5.41) is 4.40. The largest absolute Gasteiger partial charge is 0.461 e. The van der Waals surface area contributed by atoms with Crippen molar-refractivity contribution in [1.82, 2.24) is 14.7 Å². The zero-order valence-corrected chi connectivity index (χ0v) is 21.5. The maximum atomic E-state index is 14.0. The third kappa shape index (κ3) is 5.98. The number of benzene rings is 3. The molecular weight excluding hydrogens is 502 g/mol. The molecule has 0 aliphatic carbocycles. The van der Waals surface area contributed by atoms with E-state index in [0.29, 0.717) is 37.6 Å². The number of nitrogens with zero attached hydrogens (tertiary/aromatic N) is 4. The number of anilines is 1. The predicted octanol–water partition coefficient (Wildman–Crippen LogP) is 4.89. The quantitative estimate of drug-likeness (QED) is 0.319. The monoisotopic (exact) mass is 530 g/mol. The summed E-state index contributed by atoms with van der Waals surface area (Å²) in [6.45, 7) is 4.50. The number of piperazine rings is 1. The number of ether oxygens (including phenoxy) is 1. The summed E-state index contributed by atoms with van der Waals surface area (Å²) >= 11 is 0. The minimum Gasteiger partial charge on any atom is -0.461 e. The Morgan fingerprint density at radius 1 is 0.846 bits per heavy atom. The molecule has 1 aliphatic heterocycles. The third-order valence-electron chi connectivity index (χ3n) is 6.68. The van der Waals surface area contributed by atoms with E-state index in [9.17, 15) is 18.4 Å². The molecule has 0 saturated carbocycles.